The minimum atomic E-state index is -0.495. The number of fused-ring (bicyclic) bond motifs is 2. The van der Waals surface area contributed by atoms with Gasteiger partial charge in [-0.15, -0.1) is 12.4 Å². The number of imidazole rings is 1. The van der Waals surface area contributed by atoms with Crippen LogP contribution in [0.1, 0.15) is 0 Å². The van der Waals surface area contributed by atoms with E-state index in [1.54, 1.807) is 19.1 Å². The summed E-state index contributed by atoms with van der Waals surface area (Å²) in [7, 11) is 8.41. The van der Waals surface area contributed by atoms with Crippen LogP contribution in [0.25, 0.3) is 21.4 Å². The molecular formula is C21H26ClN7O4S. The zero-order valence-corrected chi connectivity index (χ0v) is 21.1. The molecule has 0 saturated carbocycles. The fraction of sp³-hybridized carbons (Fsp3) is 0.381. The number of hydrogen-bond donors (Lipinski definition) is 0. The molecule has 0 N–H and O–H groups in total. The summed E-state index contributed by atoms with van der Waals surface area (Å²) in [6.45, 7) is 0.939. The van der Waals surface area contributed by atoms with Crippen molar-refractivity contribution in [3.8, 4) is 5.75 Å². The molecule has 0 aliphatic heterocycles. The standard InChI is InChI=1S/C21H25N7O4S.ClH/c1-24(2)8-9-28(20-23-14-7-6-13(32-5)10-15(14)33-20)16(29)11-27-12-22-18-17(27)19(30)26(4)21(31)25(18)3;/h6-7,10,12H,8-9,11H2,1-5H3;1H. The van der Waals surface area contributed by atoms with Gasteiger partial charge in [-0.2, -0.15) is 0 Å². The van der Waals surface area contributed by atoms with E-state index in [1.165, 1.54) is 33.8 Å². The van der Waals surface area contributed by atoms with E-state index < -0.39 is 11.2 Å². The summed E-state index contributed by atoms with van der Waals surface area (Å²) in [6, 6.07) is 5.57. The van der Waals surface area contributed by atoms with Crippen molar-refractivity contribution in [2.24, 2.45) is 14.1 Å². The highest BCUT2D eigenvalue weighted by Crippen LogP contribution is 2.31. The van der Waals surface area contributed by atoms with Crippen LogP contribution in [0, 0.1) is 0 Å². The summed E-state index contributed by atoms with van der Waals surface area (Å²) < 4.78 is 9.99. The summed E-state index contributed by atoms with van der Waals surface area (Å²) >= 11 is 1.40. The second-order valence-electron chi connectivity index (χ2n) is 7.93. The van der Waals surface area contributed by atoms with Crippen LogP contribution in [0.4, 0.5) is 5.13 Å². The number of anilines is 1. The Bertz CT molecular complexity index is 1470. The summed E-state index contributed by atoms with van der Waals surface area (Å²) in [5.74, 6) is 0.480. The van der Waals surface area contributed by atoms with Crippen LogP contribution < -0.4 is 20.9 Å². The van der Waals surface area contributed by atoms with Crippen molar-refractivity contribution in [2.75, 3.05) is 39.2 Å². The third-order valence-electron chi connectivity index (χ3n) is 5.41. The van der Waals surface area contributed by atoms with Crippen molar-refractivity contribution in [3.63, 3.8) is 0 Å². The first kappa shape index (κ1) is 25.4. The molecule has 34 heavy (non-hydrogen) atoms. The Kier molecular flexibility index (Phi) is 7.44. The molecule has 11 nitrogen and oxygen atoms in total. The van der Waals surface area contributed by atoms with E-state index in [4.69, 9.17) is 4.74 Å². The quantitative estimate of drug-likeness (QED) is 0.368. The topological polar surface area (TPSA) is 107 Å². The van der Waals surface area contributed by atoms with Gasteiger partial charge in [-0.3, -0.25) is 23.6 Å². The van der Waals surface area contributed by atoms with E-state index >= 15 is 0 Å². The molecule has 0 atom stereocenters. The predicted octanol–water partition coefficient (Wildman–Crippen LogP) is 1.07. The van der Waals surface area contributed by atoms with Gasteiger partial charge >= 0.3 is 5.69 Å². The Morgan fingerprint density at radius 1 is 1.15 bits per heavy atom. The Hall–Kier alpha value is -3.22. The first-order valence-electron chi connectivity index (χ1n) is 10.2. The number of hydrogen-bond acceptors (Lipinski definition) is 8. The fourth-order valence-corrected chi connectivity index (χ4v) is 4.55. The number of aromatic nitrogens is 5. The summed E-state index contributed by atoms with van der Waals surface area (Å²) in [5, 5.41) is 0.565. The highest BCUT2D eigenvalue weighted by Gasteiger charge is 2.23. The molecule has 0 radical (unpaired) electrons. The zero-order chi connectivity index (χ0) is 23.9. The highest BCUT2D eigenvalue weighted by molar-refractivity contribution is 7.22. The van der Waals surface area contributed by atoms with Crippen molar-refractivity contribution in [2.45, 2.75) is 6.54 Å². The lowest BCUT2D eigenvalue weighted by atomic mass is 10.3. The van der Waals surface area contributed by atoms with Crippen LogP contribution in [0.2, 0.25) is 0 Å². The number of carbonyl (C=O) groups excluding carboxylic acids is 1. The van der Waals surface area contributed by atoms with Gasteiger partial charge in [0, 0.05) is 27.2 Å². The molecule has 0 aliphatic rings. The molecule has 1 aromatic carbocycles. The third-order valence-corrected chi connectivity index (χ3v) is 6.45. The number of nitrogens with zero attached hydrogens (tertiary/aromatic N) is 7. The Morgan fingerprint density at radius 2 is 1.88 bits per heavy atom. The molecule has 182 valence electrons. The number of aryl methyl sites for hydroxylation is 1. The van der Waals surface area contributed by atoms with E-state index in [0.29, 0.717) is 18.2 Å². The minimum Gasteiger partial charge on any atom is -0.497 e. The molecule has 0 unspecified atom stereocenters. The Balaban J connectivity index is 0.00000324. The first-order chi connectivity index (χ1) is 15.7. The number of thiazole rings is 1. The molecule has 0 fully saturated rings. The molecule has 13 heteroatoms. The number of likely N-dealkylation sites (N-methyl/N-ethyl adjacent to an activating group) is 1. The average Bonchev–Trinajstić information content (AvgIpc) is 3.39. The van der Waals surface area contributed by atoms with Gasteiger partial charge in [0.25, 0.3) is 5.56 Å². The smallest absolute Gasteiger partial charge is 0.332 e. The van der Waals surface area contributed by atoms with Crippen LogP contribution in [-0.4, -0.2) is 68.8 Å². The lowest BCUT2D eigenvalue weighted by Crippen LogP contribution is -2.40. The monoisotopic (exact) mass is 507 g/mol. The van der Waals surface area contributed by atoms with Gasteiger partial charge in [0.2, 0.25) is 5.91 Å². The maximum atomic E-state index is 13.4. The van der Waals surface area contributed by atoms with Gasteiger partial charge in [0.05, 0.1) is 23.7 Å². The molecule has 0 bridgehead atoms. The molecule has 3 heterocycles. The number of halogens is 1. The van der Waals surface area contributed by atoms with E-state index in [-0.39, 0.29) is 36.0 Å². The number of benzene rings is 1. The molecule has 1 amide bonds. The van der Waals surface area contributed by atoms with Crippen molar-refractivity contribution in [3.05, 3.63) is 45.4 Å². The molecule has 4 aromatic rings. The van der Waals surface area contributed by atoms with Crippen molar-refractivity contribution >= 4 is 56.2 Å². The summed E-state index contributed by atoms with van der Waals surface area (Å²) in [6.07, 6.45) is 1.41. The third kappa shape index (κ3) is 4.56. The summed E-state index contributed by atoms with van der Waals surface area (Å²) in [5.41, 5.74) is 0.250. The fourth-order valence-electron chi connectivity index (χ4n) is 3.51. The number of carbonyl (C=O) groups is 1. The predicted molar refractivity (Wildman–Crippen MR) is 135 cm³/mol. The van der Waals surface area contributed by atoms with Gasteiger partial charge in [-0.05, 0) is 32.3 Å². The molecule has 4 rings (SSSR count). The average molecular weight is 508 g/mol. The van der Waals surface area contributed by atoms with E-state index in [9.17, 15) is 14.4 Å². The first-order valence-corrected chi connectivity index (χ1v) is 11.0. The SMILES string of the molecule is COc1ccc2nc(N(CCN(C)C)C(=O)Cn3cnc4c3c(=O)n(C)c(=O)n4C)sc2c1.Cl. The molecule has 3 aromatic heterocycles. The number of rotatable bonds is 7. The molecule has 0 aliphatic carbocycles. The maximum absolute atomic E-state index is 13.4. The van der Waals surface area contributed by atoms with Crippen LogP contribution in [0.15, 0.2) is 34.1 Å². The zero-order valence-electron chi connectivity index (χ0n) is 19.5. The number of amides is 1. The molecule has 0 spiro atoms. The second-order valence-corrected chi connectivity index (χ2v) is 8.94. The van der Waals surface area contributed by atoms with Crippen molar-refractivity contribution in [1.29, 1.82) is 0 Å². The Morgan fingerprint density at radius 3 is 2.56 bits per heavy atom. The van der Waals surface area contributed by atoms with Crippen LogP contribution in [0.3, 0.4) is 0 Å². The van der Waals surface area contributed by atoms with Crippen LogP contribution in [0.5, 0.6) is 5.75 Å². The van der Waals surface area contributed by atoms with Gasteiger partial charge in [0.15, 0.2) is 16.3 Å². The van der Waals surface area contributed by atoms with Gasteiger partial charge < -0.3 is 14.2 Å². The van der Waals surface area contributed by atoms with Crippen molar-refractivity contribution < 1.29 is 9.53 Å². The van der Waals surface area contributed by atoms with Gasteiger partial charge in [-0.25, -0.2) is 14.8 Å². The molecule has 0 saturated heterocycles. The Labute approximate surface area is 205 Å². The normalized spacial score (nSPS) is 11.2. The lowest BCUT2D eigenvalue weighted by Gasteiger charge is -2.22. The lowest BCUT2D eigenvalue weighted by molar-refractivity contribution is -0.119. The highest BCUT2D eigenvalue weighted by atomic mass is 35.5. The van der Waals surface area contributed by atoms with E-state index in [1.807, 2.05) is 37.2 Å². The van der Waals surface area contributed by atoms with E-state index in [2.05, 4.69) is 9.97 Å². The second kappa shape index (κ2) is 9.95. The van der Waals surface area contributed by atoms with Crippen molar-refractivity contribution in [1.82, 2.24) is 28.6 Å². The number of methoxy groups -OCH3 is 1. The van der Waals surface area contributed by atoms with Crippen LogP contribution >= 0.6 is 23.7 Å². The molecular weight excluding hydrogens is 482 g/mol. The van der Waals surface area contributed by atoms with E-state index in [0.717, 1.165) is 20.5 Å². The minimum absolute atomic E-state index is 0. The van der Waals surface area contributed by atoms with Gasteiger partial charge in [0.1, 0.15) is 12.3 Å². The van der Waals surface area contributed by atoms with Gasteiger partial charge in [-0.1, -0.05) is 11.3 Å². The number of ether oxygens (including phenoxy) is 1. The summed E-state index contributed by atoms with van der Waals surface area (Å²) in [4.78, 5) is 50.8. The van der Waals surface area contributed by atoms with Crippen LogP contribution in [-0.2, 0) is 25.4 Å². The maximum Gasteiger partial charge on any atom is 0.332 e. The largest absolute Gasteiger partial charge is 0.497 e.